The molecule has 0 saturated carbocycles. The van der Waals surface area contributed by atoms with Gasteiger partial charge in [0.25, 0.3) is 5.91 Å². The van der Waals surface area contributed by atoms with E-state index in [4.69, 9.17) is 4.74 Å². The Balaban J connectivity index is 1.46. The van der Waals surface area contributed by atoms with Gasteiger partial charge in [-0.15, -0.1) is 0 Å². The molecule has 1 aliphatic heterocycles. The molecule has 0 aliphatic carbocycles. The van der Waals surface area contributed by atoms with Gasteiger partial charge in [-0.1, -0.05) is 36.4 Å². The van der Waals surface area contributed by atoms with Gasteiger partial charge in [-0.25, -0.2) is 4.79 Å². The quantitative estimate of drug-likeness (QED) is 0.715. The van der Waals surface area contributed by atoms with E-state index in [1.165, 1.54) is 0 Å². The highest BCUT2D eigenvalue weighted by Crippen LogP contribution is 2.21. The van der Waals surface area contributed by atoms with Gasteiger partial charge >= 0.3 is 12.0 Å². The SMILES string of the molecule is CC(C)N(C(=O)COC(=O)C1CCN(C(=O)Nc2ccccc2)CC1)c1ccccc1. The standard InChI is InChI=1S/C24H29N3O4/c1-18(2)27(21-11-7-4-8-12-21)22(28)17-31-23(29)19-13-15-26(16-14-19)24(30)25-20-9-5-3-6-10-20/h3-12,18-19H,13-17H2,1-2H3,(H,25,30). The molecule has 0 atom stereocenters. The number of esters is 1. The van der Waals surface area contributed by atoms with Gasteiger partial charge in [0.1, 0.15) is 0 Å². The Morgan fingerprint density at radius 3 is 2.16 bits per heavy atom. The molecule has 3 amide bonds. The van der Waals surface area contributed by atoms with Crippen LogP contribution in [0.1, 0.15) is 26.7 Å². The zero-order valence-corrected chi connectivity index (χ0v) is 18.0. The van der Waals surface area contributed by atoms with Crippen LogP contribution in [0.5, 0.6) is 0 Å². The van der Waals surface area contributed by atoms with E-state index in [9.17, 15) is 14.4 Å². The molecule has 7 heteroatoms. The zero-order chi connectivity index (χ0) is 22.2. The van der Waals surface area contributed by atoms with E-state index in [-0.39, 0.29) is 36.5 Å². The second kappa shape index (κ2) is 10.6. The number of rotatable bonds is 6. The van der Waals surface area contributed by atoms with Crippen LogP contribution in [-0.2, 0) is 14.3 Å². The first-order valence-electron chi connectivity index (χ1n) is 10.6. The summed E-state index contributed by atoms with van der Waals surface area (Å²) in [7, 11) is 0. The largest absolute Gasteiger partial charge is 0.455 e. The maximum Gasteiger partial charge on any atom is 0.321 e. The highest BCUT2D eigenvalue weighted by molar-refractivity contribution is 5.95. The lowest BCUT2D eigenvalue weighted by molar-refractivity contribution is -0.153. The van der Waals surface area contributed by atoms with Crippen molar-refractivity contribution in [1.29, 1.82) is 0 Å². The van der Waals surface area contributed by atoms with Crippen molar-refractivity contribution < 1.29 is 19.1 Å². The van der Waals surface area contributed by atoms with E-state index < -0.39 is 0 Å². The molecule has 1 heterocycles. The molecular weight excluding hydrogens is 394 g/mol. The van der Waals surface area contributed by atoms with Gasteiger partial charge in [0, 0.05) is 30.5 Å². The first-order valence-corrected chi connectivity index (χ1v) is 10.6. The second-order valence-corrected chi connectivity index (χ2v) is 7.86. The van der Waals surface area contributed by atoms with Gasteiger partial charge in [0.15, 0.2) is 6.61 Å². The van der Waals surface area contributed by atoms with Gasteiger partial charge in [-0.2, -0.15) is 0 Å². The molecule has 1 fully saturated rings. The molecule has 0 unspecified atom stereocenters. The second-order valence-electron chi connectivity index (χ2n) is 7.86. The molecule has 2 aromatic rings. The number of nitrogens with one attached hydrogen (secondary N) is 1. The Hall–Kier alpha value is -3.35. The van der Waals surface area contributed by atoms with Gasteiger partial charge in [-0.05, 0) is 51.0 Å². The normalized spacial score (nSPS) is 14.2. The third-order valence-corrected chi connectivity index (χ3v) is 5.30. The lowest BCUT2D eigenvalue weighted by atomic mass is 9.97. The average Bonchev–Trinajstić information content (AvgIpc) is 2.79. The number of hydrogen-bond acceptors (Lipinski definition) is 4. The third kappa shape index (κ3) is 6.07. The number of amides is 3. The van der Waals surface area contributed by atoms with Crippen LogP contribution >= 0.6 is 0 Å². The fourth-order valence-corrected chi connectivity index (χ4v) is 3.68. The van der Waals surface area contributed by atoms with Crippen molar-refractivity contribution in [2.24, 2.45) is 5.92 Å². The Labute approximate surface area is 183 Å². The number of anilines is 2. The molecule has 0 spiro atoms. The van der Waals surface area contributed by atoms with E-state index in [2.05, 4.69) is 5.32 Å². The highest BCUT2D eigenvalue weighted by atomic mass is 16.5. The van der Waals surface area contributed by atoms with Crippen molar-refractivity contribution in [3.8, 4) is 0 Å². The van der Waals surface area contributed by atoms with E-state index in [0.29, 0.717) is 25.9 Å². The van der Waals surface area contributed by atoms with Crippen LogP contribution in [0.2, 0.25) is 0 Å². The van der Waals surface area contributed by atoms with Crippen LogP contribution in [-0.4, -0.2) is 48.5 Å². The van der Waals surface area contributed by atoms with E-state index in [1.807, 2.05) is 74.5 Å². The van der Waals surface area contributed by atoms with E-state index in [1.54, 1.807) is 9.80 Å². The minimum absolute atomic E-state index is 0.0556. The van der Waals surface area contributed by atoms with Crippen LogP contribution in [0.4, 0.5) is 16.2 Å². The molecule has 7 nitrogen and oxygen atoms in total. The molecule has 2 aromatic carbocycles. The first-order chi connectivity index (χ1) is 15.0. The topological polar surface area (TPSA) is 79.0 Å². The monoisotopic (exact) mass is 423 g/mol. The van der Waals surface area contributed by atoms with Crippen molar-refractivity contribution in [3.63, 3.8) is 0 Å². The number of piperidine rings is 1. The van der Waals surface area contributed by atoms with Crippen molar-refractivity contribution >= 4 is 29.3 Å². The number of para-hydroxylation sites is 2. The molecule has 1 aliphatic rings. The molecule has 164 valence electrons. The molecule has 3 rings (SSSR count). The number of hydrogen-bond donors (Lipinski definition) is 1. The maximum absolute atomic E-state index is 12.7. The summed E-state index contributed by atoms with van der Waals surface area (Å²) < 4.78 is 5.34. The number of carbonyl (C=O) groups excluding carboxylic acids is 3. The summed E-state index contributed by atoms with van der Waals surface area (Å²) in [4.78, 5) is 40.9. The predicted octanol–water partition coefficient (Wildman–Crippen LogP) is 3.92. The van der Waals surface area contributed by atoms with Crippen molar-refractivity contribution in [3.05, 3.63) is 60.7 Å². The Bertz CT molecular complexity index is 878. The molecule has 31 heavy (non-hydrogen) atoms. The number of carbonyl (C=O) groups is 3. The summed E-state index contributed by atoms with van der Waals surface area (Å²) in [5, 5.41) is 2.85. The van der Waals surface area contributed by atoms with Gasteiger partial charge in [0.2, 0.25) is 0 Å². The molecule has 1 N–H and O–H groups in total. The van der Waals surface area contributed by atoms with Crippen LogP contribution in [0.15, 0.2) is 60.7 Å². The Morgan fingerprint density at radius 2 is 1.58 bits per heavy atom. The highest BCUT2D eigenvalue weighted by Gasteiger charge is 2.29. The van der Waals surface area contributed by atoms with Crippen molar-refractivity contribution in [1.82, 2.24) is 4.90 Å². The van der Waals surface area contributed by atoms with E-state index >= 15 is 0 Å². The fourth-order valence-electron chi connectivity index (χ4n) is 3.68. The van der Waals surface area contributed by atoms with Gasteiger partial charge < -0.3 is 19.9 Å². The minimum atomic E-state index is -0.381. The minimum Gasteiger partial charge on any atom is -0.455 e. The number of nitrogens with zero attached hydrogens (tertiary/aromatic N) is 2. The molecular formula is C24H29N3O4. The van der Waals surface area contributed by atoms with Crippen molar-refractivity contribution in [2.45, 2.75) is 32.7 Å². The lowest BCUT2D eigenvalue weighted by Gasteiger charge is -2.31. The number of likely N-dealkylation sites (tertiary alicyclic amines) is 1. The van der Waals surface area contributed by atoms with Crippen LogP contribution < -0.4 is 10.2 Å². The molecule has 0 bridgehead atoms. The van der Waals surface area contributed by atoms with Crippen molar-refractivity contribution in [2.75, 3.05) is 29.9 Å². The first kappa shape index (κ1) is 22.3. The summed E-state index contributed by atoms with van der Waals surface area (Å²) in [6.07, 6.45) is 1.03. The van der Waals surface area contributed by atoms with Gasteiger partial charge in [0.05, 0.1) is 5.92 Å². The lowest BCUT2D eigenvalue weighted by Crippen LogP contribution is -2.43. The smallest absolute Gasteiger partial charge is 0.321 e. The van der Waals surface area contributed by atoms with Crippen LogP contribution in [0.3, 0.4) is 0 Å². The van der Waals surface area contributed by atoms with E-state index in [0.717, 1.165) is 11.4 Å². The molecule has 1 saturated heterocycles. The summed E-state index contributed by atoms with van der Waals surface area (Å²) >= 11 is 0. The number of urea groups is 1. The summed E-state index contributed by atoms with van der Waals surface area (Å²) in [6.45, 7) is 4.48. The Morgan fingerprint density at radius 1 is 1.00 bits per heavy atom. The summed E-state index contributed by atoms with van der Waals surface area (Å²) in [6, 6.07) is 18.4. The predicted molar refractivity (Wildman–Crippen MR) is 120 cm³/mol. The fraction of sp³-hybridized carbons (Fsp3) is 0.375. The average molecular weight is 424 g/mol. The number of ether oxygens (including phenoxy) is 1. The maximum atomic E-state index is 12.7. The van der Waals surface area contributed by atoms with Crippen LogP contribution in [0, 0.1) is 5.92 Å². The van der Waals surface area contributed by atoms with Gasteiger partial charge in [-0.3, -0.25) is 9.59 Å². The third-order valence-electron chi connectivity index (χ3n) is 5.30. The zero-order valence-electron chi connectivity index (χ0n) is 18.0. The molecule has 0 aromatic heterocycles. The van der Waals surface area contributed by atoms with Crippen LogP contribution in [0.25, 0.3) is 0 Å². The molecule has 0 radical (unpaired) electrons. The Kier molecular flexibility index (Phi) is 7.65. The summed E-state index contributed by atoms with van der Waals surface area (Å²) in [5.74, 6) is -0.944. The summed E-state index contributed by atoms with van der Waals surface area (Å²) in [5.41, 5.74) is 1.51. The number of benzene rings is 2.